The van der Waals surface area contributed by atoms with E-state index >= 15 is 0 Å². The monoisotopic (exact) mass is 379 g/mol. The first-order valence-electron chi connectivity index (χ1n) is 10.3. The van der Waals surface area contributed by atoms with Crippen LogP contribution in [0.1, 0.15) is 26.2 Å². The molecule has 0 aliphatic carbocycles. The van der Waals surface area contributed by atoms with E-state index in [1.165, 1.54) is 12.8 Å². The lowest BCUT2D eigenvalue weighted by molar-refractivity contribution is 0.0873. The smallest absolute Gasteiger partial charge is 0.0964 e. The van der Waals surface area contributed by atoms with Crippen LogP contribution in [0.15, 0.2) is 49.1 Å². The predicted molar refractivity (Wildman–Crippen MR) is 111 cm³/mol. The van der Waals surface area contributed by atoms with Gasteiger partial charge in [-0.25, -0.2) is 4.98 Å². The molecule has 0 saturated carbocycles. The molecule has 3 aromatic rings. The Balaban J connectivity index is 1.64. The standard InChI is InChI=1S/C22H29N5O/c1-2-27-15-19(14-24-27)22-21(18-8-4-3-5-9-18)23-17-26(22)13-12-25-11-7-6-10-20(25)16-28/h3-5,8-9,14-15,17,20,28H,2,6-7,10-13,16H2,1H3. The van der Waals surface area contributed by atoms with Gasteiger partial charge in [-0.2, -0.15) is 5.10 Å². The van der Waals surface area contributed by atoms with Crippen LogP contribution >= 0.6 is 0 Å². The minimum Gasteiger partial charge on any atom is -0.395 e. The lowest BCUT2D eigenvalue weighted by atomic mass is 10.0. The first-order valence-corrected chi connectivity index (χ1v) is 10.3. The summed E-state index contributed by atoms with van der Waals surface area (Å²) in [5.74, 6) is 0. The summed E-state index contributed by atoms with van der Waals surface area (Å²) in [7, 11) is 0. The van der Waals surface area contributed by atoms with Gasteiger partial charge in [0, 0.05) is 43.0 Å². The van der Waals surface area contributed by atoms with Crippen molar-refractivity contribution < 1.29 is 5.11 Å². The van der Waals surface area contributed by atoms with E-state index in [9.17, 15) is 5.11 Å². The van der Waals surface area contributed by atoms with Crippen LogP contribution in [-0.2, 0) is 13.1 Å². The van der Waals surface area contributed by atoms with Crippen LogP contribution < -0.4 is 0 Å². The third-order valence-electron chi connectivity index (χ3n) is 5.70. The van der Waals surface area contributed by atoms with Crippen LogP contribution in [0.4, 0.5) is 0 Å². The molecule has 1 aliphatic heterocycles. The molecule has 1 atom stereocenters. The molecule has 0 spiro atoms. The zero-order valence-electron chi connectivity index (χ0n) is 16.5. The first kappa shape index (κ1) is 18.9. The molecular weight excluding hydrogens is 350 g/mol. The Morgan fingerprint density at radius 2 is 1.96 bits per heavy atom. The van der Waals surface area contributed by atoms with Crippen LogP contribution in [0.2, 0.25) is 0 Å². The number of likely N-dealkylation sites (tertiary alicyclic amines) is 1. The van der Waals surface area contributed by atoms with Crippen LogP contribution in [0.3, 0.4) is 0 Å². The molecule has 1 fully saturated rings. The molecule has 1 aromatic carbocycles. The number of rotatable bonds is 7. The van der Waals surface area contributed by atoms with Crippen LogP contribution in [-0.4, -0.2) is 55.1 Å². The van der Waals surface area contributed by atoms with E-state index in [1.807, 2.05) is 35.4 Å². The Morgan fingerprint density at radius 3 is 2.71 bits per heavy atom. The summed E-state index contributed by atoms with van der Waals surface area (Å²) >= 11 is 0. The Morgan fingerprint density at radius 1 is 1.11 bits per heavy atom. The highest BCUT2D eigenvalue weighted by Gasteiger charge is 2.22. The Kier molecular flexibility index (Phi) is 5.88. The second kappa shape index (κ2) is 8.71. The van der Waals surface area contributed by atoms with Gasteiger partial charge in [-0.15, -0.1) is 0 Å². The van der Waals surface area contributed by atoms with Crippen molar-refractivity contribution in [3.05, 3.63) is 49.1 Å². The molecule has 6 nitrogen and oxygen atoms in total. The van der Waals surface area contributed by atoms with Crippen molar-refractivity contribution in [2.24, 2.45) is 0 Å². The lowest BCUT2D eigenvalue weighted by Gasteiger charge is -2.34. The molecule has 148 valence electrons. The number of imidazole rings is 1. The molecule has 1 aliphatic rings. The van der Waals surface area contributed by atoms with E-state index in [2.05, 4.69) is 39.8 Å². The van der Waals surface area contributed by atoms with E-state index in [-0.39, 0.29) is 12.6 Å². The maximum Gasteiger partial charge on any atom is 0.0964 e. The van der Waals surface area contributed by atoms with Crippen molar-refractivity contribution in [2.45, 2.75) is 45.3 Å². The van der Waals surface area contributed by atoms with Gasteiger partial charge in [-0.05, 0) is 26.3 Å². The van der Waals surface area contributed by atoms with Gasteiger partial charge in [0.15, 0.2) is 0 Å². The van der Waals surface area contributed by atoms with Gasteiger partial charge in [0.25, 0.3) is 0 Å². The highest BCUT2D eigenvalue weighted by molar-refractivity contribution is 5.78. The van der Waals surface area contributed by atoms with Crippen LogP contribution in [0, 0.1) is 0 Å². The van der Waals surface area contributed by atoms with E-state index < -0.39 is 0 Å². The summed E-state index contributed by atoms with van der Waals surface area (Å²) in [6.07, 6.45) is 9.49. The van der Waals surface area contributed by atoms with Gasteiger partial charge in [0.05, 0.1) is 30.5 Å². The minimum atomic E-state index is 0.245. The minimum absolute atomic E-state index is 0.245. The largest absolute Gasteiger partial charge is 0.395 e. The quantitative estimate of drug-likeness (QED) is 0.684. The molecule has 4 rings (SSSR count). The van der Waals surface area contributed by atoms with E-state index in [0.29, 0.717) is 0 Å². The predicted octanol–water partition coefficient (Wildman–Crippen LogP) is 3.28. The number of hydrogen-bond donors (Lipinski definition) is 1. The van der Waals surface area contributed by atoms with Gasteiger partial charge in [-0.3, -0.25) is 9.58 Å². The molecule has 1 N–H and O–H groups in total. The molecule has 28 heavy (non-hydrogen) atoms. The fourth-order valence-corrected chi connectivity index (χ4v) is 4.12. The summed E-state index contributed by atoms with van der Waals surface area (Å²) in [5.41, 5.74) is 4.32. The van der Waals surface area contributed by atoms with Gasteiger partial charge in [0.2, 0.25) is 0 Å². The Hall–Kier alpha value is -2.44. The van der Waals surface area contributed by atoms with Gasteiger partial charge < -0.3 is 9.67 Å². The Bertz CT molecular complexity index is 885. The summed E-state index contributed by atoms with van der Waals surface area (Å²) < 4.78 is 4.19. The second-order valence-corrected chi connectivity index (χ2v) is 7.45. The molecule has 3 heterocycles. The van der Waals surface area contributed by atoms with Crippen molar-refractivity contribution in [2.75, 3.05) is 19.7 Å². The molecule has 0 amide bonds. The SMILES string of the molecule is CCn1cc(-c2c(-c3ccccc3)ncn2CCN2CCCCC2CO)cn1. The summed E-state index contributed by atoms with van der Waals surface area (Å²) in [4.78, 5) is 7.18. The maximum atomic E-state index is 9.70. The fourth-order valence-electron chi connectivity index (χ4n) is 4.12. The van der Waals surface area contributed by atoms with E-state index in [0.717, 1.165) is 55.1 Å². The highest BCUT2D eigenvalue weighted by atomic mass is 16.3. The number of benzene rings is 1. The van der Waals surface area contributed by atoms with Gasteiger partial charge >= 0.3 is 0 Å². The molecule has 0 bridgehead atoms. The summed E-state index contributed by atoms with van der Waals surface area (Å²) in [5, 5.41) is 14.2. The number of nitrogens with zero attached hydrogens (tertiary/aromatic N) is 5. The molecular formula is C22H29N5O. The number of aryl methyl sites for hydroxylation is 1. The van der Waals surface area contributed by atoms with Crippen LogP contribution in [0.25, 0.3) is 22.5 Å². The molecule has 6 heteroatoms. The average molecular weight is 380 g/mol. The molecule has 1 unspecified atom stereocenters. The van der Waals surface area contributed by atoms with E-state index in [1.54, 1.807) is 0 Å². The van der Waals surface area contributed by atoms with Crippen molar-refractivity contribution in [3.8, 4) is 22.5 Å². The topological polar surface area (TPSA) is 59.1 Å². The number of hydrogen-bond acceptors (Lipinski definition) is 4. The normalized spacial score (nSPS) is 17.9. The van der Waals surface area contributed by atoms with Crippen molar-refractivity contribution in [1.82, 2.24) is 24.2 Å². The van der Waals surface area contributed by atoms with Gasteiger partial charge in [-0.1, -0.05) is 36.8 Å². The zero-order valence-corrected chi connectivity index (χ0v) is 16.5. The number of aromatic nitrogens is 4. The maximum absolute atomic E-state index is 9.70. The summed E-state index contributed by atoms with van der Waals surface area (Å²) in [6, 6.07) is 10.6. The molecule has 2 aromatic heterocycles. The number of aliphatic hydroxyl groups excluding tert-OH is 1. The second-order valence-electron chi connectivity index (χ2n) is 7.45. The third-order valence-corrected chi connectivity index (χ3v) is 5.70. The Labute approximate surface area is 166 Å². The average Bonchev–Trinajstić information content (AvgIpc) is 3.39. The third kappa shape index (κ3) is 3.88. The number of piperidine rings is 1. The first-order chi connectivity index (χ1) is 13.8. The van der Waals surface area contributed by atoms with E-state index in [4.69, 9.17) is 4.98 Å². The summed E-state index contributed by atoms with van der Waals surface area (Å²) in [6.45, 7) is 6.02. The van der Waals surface area contributed by atoms with Crippen molar-refractivity contribution >= 4 is 0 Å². The highest BCUT2D eigenvalue weighted by Crippen LogP contribution is 2.31. The lowest BCUT2D eigenvalue weighted by Crippen LogP contribution is -2.43. The number of aliphatic hydroxyl groups is 1. The van der Waals surface area contributed by atoms with Gasteiger partial charge in [0.1, 0.15) is 0 Å². The zero-order chi connectivity index (χ0) is 19.3. The van der Waals surface area contributed by atoms with Crippen molar-refractivity contribution in [1.29, 1.82) is 0 Å². The molecule has 0 radical (unpaired) electrons. The fraction of sp³-hybridized carbons (Fsp3) is 0.455. The van der Waals surface area contributed by atoms with Crippen molar-refractivity contribution in [3.63, 3.8) is 0 Å². The molecule has 1 saturated heterocycles. The van der Waals surface area contributed by atoms with Crippen LogP contribution in [0.5, 0.6) is 0 Å².